The van der Waals surface area contributed by atoms with Gasteiger partial charge >= 0.3 is 0 Å². The van der Waals surface area contributed by atoms with Crippen molar-refractivity contribution in [3.05, 3.63) is 23.3 Å². The van der Waals surface area contributed by atoms with Crippen molar-refractivity contribution in [2.45, 2.75) is 26.7 Å². The minimum absolute atomic E-state index is 0.0688. The normalized spacial score (nSPS) is 19.9. The van der Waals surface area contributed by atoms with Crippen LogP contribution in [0.4, 0.5) is 0 Å². The first-order valence-electron chi connectivity index (χ1n) is 6.01. The fourth-order valence-corrected chi connectivity index (χ4v) is 2.24. The van der Waals surface area contributed by atoms with Gasteiger partial charge in [-0.3, -0.25) is 4.79 Å². The van der Waals surface area contributed by atoms with Crippen molar-refractivity contribution in [1.29, 1.82) is 0 Å². The van der Waals surface area contributed by atoms with Gasteiger partial charge in [-0.05, 0) is 44.4 Å². The van der Waals surface area contributed by atoms with E-state index in [4.69, 9.17) is 9.47 Å². The molecular formula is C14H16O3. The summed E-state index contributed by atoms with van der Waals surface area (Å²) in [5.74, 6) is 1.56. The van der Waals surface area contributed by atoms with Crippen molar-refractivity contribution in [3.8, 4) is 11.5 Å². The molecule has 0 N–H and O–H groups in total. The van der Waals surface area contributed by atoms with Crippen LogP contribution in [0, 0.1) is 12.3 Å². The number of ether oxygens (including phenoxy) is 2. The second-order valence-corrected chi connectivity index (χ2v) is 5.25. The van der Waals surface area contributed by atoms with E-state index in [-0.39, 0.29) is 11.2 Å². The predicted molar refractivity (Wildman–Crippen MR) is 63.8 cm³/mol. The summed E-state index contributed by atoms with van der Waals surface area (Å²) in [5, 5.41) is 0. The molecule has 0 aromatic heterocycles. The van der Waals surface area contributed by atoms with Gasteiger partial charge in [-0.2, -0.15) is 0 Å². The van der Waals surface area contributed by atoms with Crippen molar-refractivity contribution < 1.29 is 14.3 Å². The number of carbonyl (C=O) groups is 1. The van der Waals surface area contributed by atoms with Crippen LogP contribution >= 0.6 is 0 Å². The van der Waals surface area contributed by atoms with Crippen LogP contribution < -0.4 is 9.47 Å². The van der Waals surface area contributed by atoms with Crippen LogP contribution in [0.15, 0.2) is 12.1 Å². The first-order chi connectivity index (χ1) is 8.10. The van der Waals surface area contributed by atoms with Gasteiger partial charge in [0, 0.05) is 11.0 Å². The number of carbonyl (C=O) groups excluding carboxylic acids is 1. The summed E-state index contributed by atoms with van der Waals surface area (Å²) in [6.45, 7) is 4.95. The van der Waals surface area contributed by atoms with Crippen molar-refractivity contribution >= 4 is 5.78 Å². The van der Waals surface area contributed by atoms with E-state index in [1.807, 2.05) is 19.1 Å². The van der Waals surface area contributed by atoms with E-state index in [2.05, 4.69) is 0 Å². The number of hydrogen-bond donors (Lipinski definition) is 0. The first-order valence-corrected chi connectivity index (χ1v) is 6.01. The van der Waals surface area contributed by atoms with Gasteiger partial charge in [-0.1, -0.05) is 0 Å². The van der Waals surface area contributed by atoms with E-state index < -0.39 is 0 Å². The van der Waals surface area contributed by atoms with Gasteiger partial charge in [0.2, 0.25) is 0 Å². The minimum atomic E-state index is 0.0688. The van der Waals surface area contributed by atoms with Gasteiger partial charge < -0.3 is 9.47 Å². The molecule has 1 fully saturated rings. The second kappa shape index (κ2) is 3.49. The highest BCUT2D eigenvalue weighted by atomic mass is 16.5. The molecule has 90 valence electrons. The van der Waals surface area contributed by atoms with Crippen LogP contribution in [-0.4, -0.2) is 19.0 Å². The summed E-state index contributed by atoms with van der Waals surface area (Å²) in [5.41, 5.74) is 1.91. The SMILES string of the molecule is CC(=O)c1cc2c(cc1C)OCC1(CC1)CO2. The third kappa shape index (κ3) is 1.79. The van der Waals surface area contributed by atoms with Crippen LogP contribution in [0.5, 0.6) is 11.5 Å². The maximum atomic E-state index is 11.5. The Morgan fingerprint density at radius 3 is 2.29 bits per heavy atom. The Kier molecular flexibility index (Phi) is 2.18. The van der Waals surface area contributed by atoms with Crippen molar-refractivity contribution in [3.63, 3.8) is 0 Å². The Bertz CT molecular complexity index is 486. The first kappa shape index (κ1) is 10.6. The molecule has 0 amide bonds. The van der Waals surface area contributed by atoms with E-state index in [0.29, 0.717) is 12.4 Å². The largest absolute Gasteiger partial charge is 0.489 e. The van der Waals surface area contributed by atoms with E-state index in [1.54, 1.807) is 6.92 Å². The molecule has 17 heavy (non-hydrogen) atoms. The summed E-state index contributed by atoms with van der Waals surface area (Å²) >= 11 is 0. The number of aryl methyl sites for hydroxylation is 1. The molecule has 3 nitrogen and oxygen atoms in total. The van der Waals surface area contributed by atoms with E-state index in [1.165, 1.54) is 12.8 Å². The summed E-state index contributed by atoms with van der Waals surface area (Å²) < 4.78 is 11.6. The molecule has 0 radical (unpaired) electrons. The minimum Gasteiger partial charge on any atom is -0.489 e. The molecule has 0 saturated heterocycles. The Hall–Kier alpha value is -1.51. The number of benzene rings is 1. The fourth-order valence-electron chi connectivity index (χ4n) is 2.24. The van der Waals surface area contributed by atoms with E-state index in [0.717, 1.165) is 23.5 Å². The Labute approximate surface area is 101 Å². The molecule has 0 bridgehead atoms. The molecular weight excluding hydrogens is 216 g/mol. The average Bonchev–Trinajstić information content (AvgIpc) is 3.07. The zero-order valence-corrected chi connectivity index (χ0v) is 10.2. The lowest BCUT2D eigenvalue weighted by Crippen LogP contribution is -2.17. The van der Waals surface area contributed by atoms with Gasteiger partial charge in [-0.15, -0.1) is 0 Å². The lowest BCUT2D eigenvalue weighted by molar-refractivity contribution is 0.101. The summed E-state index contributed by atoms with van der Waals surface area (Å²) in [7, 11) is 0. The Balaban J connectivity index is 1.98. The topological polar surface area (TPSA) is 35.5 Å². The molecule has 2 aliphatic rings. The van der Waals surface area contributed by atoms with Crippen LogP contribution in [0.25, 0.3) is 0 Å². The monoisotopic (exact) mass is 232 g/mol. The molecule has 1 heterocycles. The predicted octanol–water partition coefficient (Wildman–Crippen LogP) is 2.75. The number of fused-ring (bicyclic) bond motifs is 1. The molecule has 1 aliphatic heterocycles. The highest BCUT2D eigenvalue weighted by Crippen LogP contribution is 2.49. The van der Waals surface area contributed by atoms with Crippen LogP contribution in [-0.2, 0) is 0 Å². The molecule has 1 aromatic rings. The van der Waals surface area contributed by atoms with Crippen molar-refractivity contribution in [2.24, 2.45) is 5.41 Å². The van der Waals surface area contributed by atoms with Gasteiger partial charge in [0.15, 0.2) is 17.3 Å². The van der Waals surface area contributed by atoms with E-state index in [9.17, 15) is 4.79 Å². The quantitative estimate of drug-likeness (QED) is 0.698. The standard InChI is InChI=1S/C14H16O3/c1-9-5-12-13(6-11(9)10(2)15)17-8-14(3-4-14)7-16-12/h5-6H,3-4,7-8H2,1-2H3. The van der Waals surface area contributed by atoms with Crippen molar-refractivity contribution in [2.75, 3.05) is 13.2 Å². The van der Waals surface area contributed by atoms with Gasteiger partial charge in [0.05, 0.1) is 13.2 Å². The van der Waals surface area contributed by atoms with E-state index >= 15 is 0 Å². The van der Waals surface area contributed by atoms with Crippen molar-refractivity contribution in [1.82, 2.24) is 0 Å². The lowest BCUT2D eigenvalue weighted by atomic mass is 10.0. The highest BCUT2D eigenvalue weighted by Gasteiger charge is 2.46. The molecule has 1 aliphatic carbocycles. The molecule has 3 rings (SSSR count). The third-order valence-electron chi connectivity index (χ3n) is 3.69. The Morgan fingerprint density at radius 2 is 1.76 bits per heavy atom. The smallest absolute Gasteiger partial charge is 0.161 e. The third-order valence-corrected chi connectivity index (χ3v) is 3.69. The second-order valence-electron chi connectivity index (χ2n) is 5.25. The molecule has 3 heteroatoms. The highest BCUT2D eigenvalue weighted by molar-refractivity contribution is 5.96. The van der Waals surface area contributed by atoms with Gasteiger partial charge in [-0.25, -0.2) is 0 Å². The molecule has 1 saturated carbocycles. The average molecular weight is 232 g/mol. The summed E-state index contributed by atoms with van der Waals surface area (Å²) in [6, 6.07) is 3.72. The zero-order valence-electron chi connectivity index (χ0n) is 10.2. The van der Waals surface area contributed by atoms with Gasteiger partial charge in [0.1, 0.15) is 0 Å². The molecule has 1 aromatic carbocycles. The number of rotatable bonds is 1. The Morgan fingerprint density at radius 1 is 1.18 bits per heavy atom. The summed E-state index contributed by atoms with van der Waals surface area (Å²) in [6.07, 6.45) is 2.36. The lowest BCUT2D eigenvalue weighted by Gasteiger charge is -2.10. The molecule has 0 atom stereocenters. The number of ketones is 1. The maximum Gasteiger partial charge on any atom is 0.161 e. The number of Topliss-reactive ketones (excluding diaryl/α,β-unsaturated/α-hetero) is 1. The van der Waals surface area contributed by atoms with Gasteiger partial charge in [0.25, 0.3) is 0 Å². The van der Waals surface area contributed by atoms with Crippen LogP contribution in [0.2, 0.25) is 0 Å². The summed E-state index contributed by atoms with van der Waals surface area (Å²) in [4.78, 5) is 11.5. The van der Waals surface area contributed by atoms with Crippen LogP contribution in [0.1, 0.15) is 35.7 Å². The number of hydrogen-bond acceptors (Lipinski definition) is 3. The molecule has 0 unspecified atom stereocenters. The fraction of sp³-hybridized carbons (Fsp3) is 0.500. The molecule has 1 spiro atoms. The maximum absolute atomic E-state index is 11.5. The zero-order chi connectivity index (χ0) is 12.0. The van der Waals surface area contributed by atoms with Crippen LogP contribution in [0.3, 0.4) is 0 Å².